The van der Waals surface area contributed by atoms with Crippen molar-refractivity contribution in [3.05, 3.63) is 30.0 Å². The Bertz CT molecular complexity index is 517. The predicted molar refractivity (Wildman–Crippen MR) is 67.9 cm³/mol. The molecular formula is C13H18N2O2. The van der Waals surface area contributed by atoms with Crippen LogP contribution in [0.4, 0.5) is 0 Å². The molecule has 0 aliphatic rings. The third kappa shape index (κ3) is 2.01. The summed E-state index contributed by atoms with van der Waals surface area (Å²) in [5.74, 6) is 6.05. The number of aromatic nitrogens is 1. The third-order valence-corrected chi connectivity index (χ3v) is 2.87. The summed E-state index contributed by atoms with van der Waals surface area (Å²) in [6.45, 7) is 4.66. The molecule has 2 rings (SSSR count). The largest absolute Gasteiger partial charge is 0.495 e. The van der Waals surface area contributed by atoms with E-state index in [4.69, 9.17) is 15.5 Å². The van der Waals surface area contributed by atoms with E-state index in [2.05, 4.69) is 30.5 Å². The molecule has 1 aromatic heterocycles. The van der Waals surface area contributed by atoms with Crippen LogP contribution >= 0.6 is 0 Å². The van der Waals surface area contributed by atoms with Gasteiger partial charge in [-0.1, -0.05) is 12.1 Å². The molecular weight excluding hydrogens is 216 g/mol. The zero-order valence-corrected chi connectivity index (χ0v) is 10.4. The van der Waals surface area contributed by atoms with Crippen LogP contribution in [0.15, 0.2) is 24.3 Å². The van der Waals surface area contributed by atoms with Crippen LogP contribution in [0.2, 0.25) is 0 Å². The Morgan fingerprint density at radius 3 is 2.71 bits per heavy atom. The maximum atomic E-state index is 5.42. The summed E-state index contributed by atoms with van der Waals surface area (Å²) < 4.78 is 7.61. The van der Waals surface area contributed by atoms with Crippen molar-refractivity contribution < 1.29 is 9.57 Å². The molecule has 0 aliphatic heterocycles. The molecule has 92 valence electrons. The summed E-state index contributed by atoms with van der Waals surface area (Å²) in [6.07, 6.45) is 0. The standard InChI is InChI=1S/C13H18N2O2/c1-9(2)15-11(8-17-14)7-10-5-4-6-12(16-3)13(10)15/h4-7,9H,8,14H2,1-3H3. The lowest BCUT2D eigenvalue weighted by Crippen LogP contribution is -2.09. The van der Waals surface area contributed by atoms with Crippen LogP contribution in [-0.4, -0.2) is 11.7 Å². The number of para-hydroxylation sites is 1. The number of hydrogen-bond donors (Lipinski definition) is 1. The number of methoxy groups -OCH3 is 1. The van der Waals surface area contributed by atoms with Gasteiger partial charge in [-0.2, -0.15) is 0 Å². The van der Waals surface area contributed by atoms with E-state index >= 15 is 0 Å². The summed E-state index contributed by atoms with van der Waals surface area (Å²) in [7, 11) is 1.69. The Morgan fingerprint density at radius 2 is 2.12 bits per heavy atom. The Hall–Kier alpha value is -1.52. The first-order valence-electron chi connectivity index (χ1n) is 5.67. The van der Waals surface area contributed by atoms with Gasteiger partial charge in [0.1, 0.15) is 12.4 Å². The Kier molecular flexibility index (Phi) is 3.36. The number of nitrogens with two attached hydrogens (primary N) is 1. The molecule has 0 atom stereocenters. The number of benzene rings is 1. The van der Waals surface area contributed by atoms with Crippen molar-refractivity contribution in [1.29, 1.82) is 0 Å². The Balaban J connectivity index is 2.72. The first kappa shape index (κ1) is 12.0. The summed E-state index contributed by atoms with van der Waals surface area (Å²) in [5.41, 5.74) is 2.15. The smallest absolute Gasteiger partial charge is 0.143 e. The van der Waals surface area contributed by atoms with Gasteiger partial charge in [0.25, 0.3) is 0 Å². The molecule has 0 unspecified atom stereocenters. The van der Waals surface area contributed by atoms with Gasteiger partial charge in [-0.3, -0.25) is 4.84 Å². The quantitative estimate of drug-likeness (QED) is 0.827. The normalized spacial score (nSPS) is 11.4. The SMILES string of the molecule is COc1cccc2cc(CON)n(C(C)C)c12. The van der Waals surface area contributed by atoms with Crippen LogP contribution in [0.25, 0.3) is 10.9 Å². The molecule has 4 nitrogen and oxygen atoms in total. The van der Waals surface area contributed by atoms with Crippen LogP contribution < -0.4 is 10.6 Å². The van der Waals surface area contributed by atoms with Gasteiger partial charge in [-0.05, 0) is 26.0 Å². The second-order valence-electron chi connectivity index (χ2n) is 4.31. The van der Waals surface area contributed by atoms with Crippen LogP contribution in [0.5, 0.6) is 5.75 Å². The highest BCUT2D eigenvalue weighted by Gasteiger charge is 2.14. The average molecular weight is 234 g/mol. The fraction of sp³-hybridized carbons (Fsp3) is 0.385. The second-order valence-corrected chi connectivity index (χ2v) is 4.31. The van der Waals surface area contributed by atoms with Gasteiger partial charge in [-0.25, -0.2) is 5.90 Å². The summed E-state index contributed by atoms with van der Waals surface area (Å²) in [4.78, 5) is 4.76. The monoisotopic (exact) mass is 234 g/mol. The number of rotatable bonds is 4. The summed E-state index contributed by atoms with van der Waals surface area (Å²) in [6, 6.07) is 8.43. The number of nitrogens with zero attached hydrogens (tertiary/aromatic N) is 1. The fourth-order valence-electron chi connectivity index (χ4n) is 2.26. The van der Waals surface area contributed by atoms with Gasteiger partial charge in [0, 0.05) is 17.1 Å². The lowest BCUT2D eigenvalue weighted by Gasteiger charge is -2.15. The number of ether oxygens (including phenoxy) is 1. The first-order chi connectivity index (χ1) is 8.19. The molecule has 4 heteroatoms. The minimum atomic E-state index is 0.328. The van der Waals surface area contributed by atoms with Gasteiger partial charge in [0.05, 0.1) is 12.6 Å². The molecule has 0 bridgehead atoms. The highest BCUT2D eigenvalue weighted by molar-refractivity contribution is 5.87. The highest BCUT2D eigenvalue weighted by Crippen LogP contribution is 2.31. The molecule has 1 heterocycles. The summed E-state index contributed by atoms with van der Waals surface area (Å²) >= 11 is 0. The van der Waals surface area contributed by atoms with Crippen molar-refractivity contribution in [2.24, 2.45) is 5.90 Å². The zero-order valence-electron chi connectivity index (χ0n) is 10.4. The third-order valence-electron chi connectivity index (χ3n) is 2.87. The minimum Gasteiger partial charge on any atom is -0.495 e. The first-order valence-corrected chi connectivity index (χ1v) is 5.67. The van der Waals surface area contributed by atoms with Crippen LogP contribution in [0.1, 0.15) is 25.6 Å². The van der Waals surface area contributed by atoms with Crippen molar-refractivity contribution >= 4 is 10.9 Å². The molecule has 1 aromatic carbocycles. The molecule has 0 aliphatic carbocycles. The van der Waals surface area contributed by atoms with E-state index in [-0.39, 0.29) is 0 Å². The lowest BCUT2D eigenvalue weighted by atomic mass is 10.2. The Morgan fingerprint density at radius 1 is 1.35 bits per heavy atom. The molecule has 2 aromatic rings. The Labute approximate surface area is 101 Å². The van der Waals surface area contributed by atoms with Gasteiger partial charge in [0.2, 0.25) is 0 Å². The lowest BCUT2D eigenvalue weighted by molar-refractivity contribution is 0.118. The van der Waals surface area contributed by atoms with Crippen LogP contribution in [0, 0.1) is 0 Å². The van der Waals surface area contributed by atoms with Gasteiger partial charge < -0.3 is 9.30 Å². The highest BCUT2D eigenvalue weighted by atomic mass is 16.6. The van der Waals surface area contributed by atoms with E-state index in [9.17, 15) is 0 Å². The molecule has 2 N–H and O–H groups in total. The fourth-order valence-corrected chi connectivity index (χ4v) is 2.26. The molecule has 0 spiro atoms. The van der Waals surface area contributed by atoms with Crippen molar-refractivity contribution in [1.82, 2.24) is 4.57 Å². The molecule has 0 saturated heterocycles. The number of fused-ring (bicyclic) bond motifs is 1. The second kappa shape index (κ2) is 4.77. The van der Waals surface area contributed by atoms with E-state index < -0.39 is 0 Å². The van der Waals surface area contributed by atoms with E-state index in [1.165, 1.54) is 0 Å². The van der Waals surface area contributed by atoms with Crippen molar-refractivity contribution in [2.75, 3.05) is 7.11 Å². The van der Waals surface area contributed by atoms with Crippen molar-refractivity contribution in [3.8, 4) is 5.75 Å². The van der Waals surface area contributed by atoms with Gasteiger partial charge >= 0.3 is 0 Å². The molecule has 0 saturated carbocycles. The average Bonchev–Trinajstić information content (AvgIpc) is 2.67. The zero-order chi connectivity index (χ0) is 12.4. The van der Waals surface area contributed by atoms with Crippen molar-refractivity contribution in [2.45, 2.75) is 26.5 Å². The molecule has 0 amide bonds. The van der Waals surface area contributed by atoms with Crippen molar-refractivity contribution in [3.63, 3.8) is 0 Å². The maximum absolute atomic E-state index is 5.42. The molecule has 0 radical (unpaired) electrons. The van der Waals surface area contributed by atoms with E-state index in [1.54, 1.807) is 7.11 Å². The molecule has 17 heavy (non-hydrogen) atoms. The van der Waals surface area contributed by atoms with E-state index in [0.717, 1.165) is 22.3 Å². The predicted octanol–water partition coefficient (Wildman–Crippen LogP) is 2.62. The van der Waals surface area contributed by atoms with Gasteiger partial charge in [-0.15, -0.1) is 0 Å². The van der Waals surface area contributed by atoms with E-state index in [1.807, 2.05) is 12.1 Å². The minimum absolute atomic E-state index is 0.328. The van der Waals surface area contributed by atoms with E-state index in [0.29, 0.717) is 12.6 Å². The topological polar surface area (TPSA) is 49.4 Å². The molecule has 0 fully saturated rings. The van der Waals surface area contributed by atoms with Crippen LogP contribution in [0.3, 0.4) is 0 Å². The summed E-state index contributed by atoms with van der Waals surface area (Å²) in [5, 5.41) is 1.14. The maximum Gasteiger partial charge on any atom is 0.143 e. The van der Waals surface area contributed by atoms with Crippen LogP contribution in [-0.2, 0) is 11.4 Å². The number of hydrogen-bond acceptors (Lipinski definition) is 3. The van der Waals surface area contributed by atoms with Gasteiger partial charge in [0.15, 0.2) is 0 Å².